The molecule has 1 atom stereocenters. The van der Waals surface area contributed by atoms with Crippen LogP contribution >= 0.6 is 0 Å². The molecule has 1 aromatic heterocycles. The first-order valence-corrected chi connectivity index (χ1v) is 9.18. The molecule has 0 amide bonds. The Balaban J connectivity index is 1.70. The second kappa shape index (κ2) is 7.87. The van der Waals surface area contributed by atoms with Gasteiger partial charge in [-0.15, -0.1) is 0 Å². The van der Waals surface area contributed by atoms with Crippen molar-refractivity contribution < 1.29 is 4.74 Å². The highest BCUT2D eigenvalue weighted by Crippen LogP contribution is 2.21. The Morgan fingerprint density at radius 2 is 2.20 bits per heavy atom. The van der Waals surface area contributed by atoms with E-state index in [0.29, 0.717) is 25.6 Å². The van der Waals surface area contributed by atoms with Crippen LogP contribution in [0, 0.1) is 13.8 Å². The predicted molar refractivity (Wildman–Crippen MR) is 98.4 cm³/mol. The standard InChI is InChI=1S/C19H28N4O2/c1-4-22-18(16-6-5-9-20-13-16)21-23(19(22)24)10-11-25-17-8-7-14(2)12-15(17)3/h7-8,12,16,20H,4-6,9-11,13H2,1-3H3/t16-/m1/s1. The second-order valence-corrected chi connectivity index (χ2v) is 6.77. The van der Waals surface area contributed by atoms with E-state index in [1.807, 2.05) is 26.0 Å². The van der Waals surface area contributed by atoms with Gasteiger partial charge in [-0.2, -0.15) is 5.10 Å². The van der Waals surface area contributed by atoms with E-state index in [0.717, 1.165) is 43.1 Å². The Morgan fingerprint density at radius 3 is 2.88 bits per heavy atom. The van der Waals surface area contributed by atoms with Gasteiger partial charge < -0.3 is 10.1 Å². The Bertz CT molecular complexity index is 772. The zero-order chi connectivity index (χ0) is 17.8. The largest absolute Gasteiger partial charge is 0.491 e. The summed E-state index contributed by atoms with van der Waals surface area (Å²) >= 11 is 0. The van der Waals surface area contributed by atoms with Crippen molar-refractivity contribution in [3.05, 3.63) is 45.6 Å². The first-order valence-electron chi connectivity index (χ1n) is 9.18. The molecule has 2 aromatic rings. The minimum atomic E-state index is -0.0349. The molecule has 1 saturated heterocycles. The Labute approximate surface area is 148 Å². The van der Waals surface area contributed by atoms with Gasteiger partial charge in [-0.3, -0.25) is 4.57 Å². The molecule has 136 valence electrons. The minimum absolute atomic E-state index is 0.0349. The maximum Gasteiger partial charge on any atom is 0.346 e. The average Bonchev–Trinajstić information content (AvgIpc) is 2.93. The van der Waals surface area contributed by atoms with E-state index in [1.165, 1.54) is 5.56 Å². The fraction of sp³-hybridized carbons (Fsp3) is 0.579. The molecule has 2 heterocycles. The number of aryl methyl sites for hydroxylation is 2. The van der Waals surface area contributed by atoms with E-state index in [1.54, 1.807) is 9.25 Å². The normalized spacial score (nSPS) is 17.6. The Hall–Kier alpha value is -2.08. The highest BCUT2D eigenvalue weighted by Gasteiger charge is 2.23. The van der Waals surface area contributed by atoms with Gasteiger partial charge in [0.15, 0.2) is 0 Å². The van der Waals surface area contributed by atoms with E-state index in [4.69, 9.17) is 4.74 Å². The fourth-order valence-electron chi connectivity index (χ4n) is 3.48. The smallest absolute Gasteiger partial charge is 0.346 e. The molecule has 0 radical (unpaired) electrons. The van der Waals surface area contributed by atoms with Gasteiger partial charge in [0.1, 0.15) is 18.2 Å². The number of benzene rings is 1. The Morgan fingerprint density at radius 1 is 1.36 bits per heavy atom. The lowest BCUT2D eigenvalue weighted by Gasteiger charge is -2.21. The van der Waals surface area contributed by atoms with Crippen LogP contribution in [0.25, 0.3) is 0 Å². The van der Waals surface area contributed by atoms with Crippen LogP contribution in [-0.2, 0) is 13.1 Å². The summed E-state index contributed by atoms with van der Waals surface area (Å²) < 4.78 is 9.21. The molecular formula is C19H28N4O2. The number of aromatic nitrogens is 3. The molecule has 1 aromatic carbocycles. The number of ether oxygens (including phenoxy) is 1. The summed E-state index contributed by atoms with van der Waals surface area (Å²) in [6.07, 6.45) is 2.22. The number of nitrogens with one attached hydrogen (secondary N) is 1. The zero-order valence-electron chi connectivity index (χ0n) is 15.4. The number of hydrogen-bond donors (Lipinski definition) is 1. The molecule has 3 rings (SSSR count). The molecule has 1 aliphatic heterocycles. The zero-order valence-corrected chi connectivity index (χ0v) is 15.4. The Kier molecular flexibility index (Phi) is 5.58. The van der Waals surface area contributed by atoms with Gasteiger partial charge in [-0.05, 0) is 51.8 Å². The fourth-order valence-corrected chi connectivity index (χ4v) is 3.48. The van der Waals surface area contributed by atoms with E-state index in [-0.39, 0.29) is 5.69 Å². The summed E-state index contributed by atoms with van der Waals surface area (Å²) in [4.78, 5) is 12.6. The SMILES string of the molecule is CCn1c([C@@H]2CCCNC2)nn(CCOc2ccc(C)cc2C)c1=O. The van der Waals surface area contributed by atoms with Gasteiger partial charge in [0.2, 0.25) is 0 Å². The van der Waals surface area contributed by atoms with E-state index in [9.17, 15) is 4.79 Å². The molecule has 1 aliphatic rings. The minimum Gasteiger partial charge on any atom is -0.491 e. The third-order valence-corrected chi connectivity index (χ3v) is 4.82. The summed E-state index contributed by atoms with van der Waals surface area (Å²) in [5, 5.41) is 8.02. The number of nitrogens with zero attached hydrogens (tertiary/aromatic N) is 3. The average molecular weight is 344 g/mol. The molecule has 6 nitrogen and oxygen atoms in total. The van der Waals surface area contributed by atoms with Crippen molar-refractivity contribution in [2.75, 3.05) is 19.7 Å². The van der Waals surface area contributed by atoms with Crippen LogP contribution in [0.2, 0.25) is 0 Å². The van der Waals surface area contributed by atoms with Gasteiger partial charge in [0.05, 0.1) is 6.54 Å². The molecule has 0 saturated carbocycles. The third kappa shape index (κ3) is 3.95. The molecule has 1 N–H and O–H groups in total. The lowest BCUT2D eigenvalue weighted by Crippen LogP contribution is -2.31. The highest BCUT2D eigenvalue weighted by molar-refractivity contribution is 5.35. The highest BCUT2D eigenvalue weighted by atomic mass is 16.5. The molecule has 6 heteroatoms. The number of hydrogen-bond acceptors (Lipinski definition) is 4. The molecule has 0 bridgehead atoms. The lowest BCUT2D eigenvalue weighted by molar-refractivity contribution is 0.286. The number of rotatable bonds is 6. The van der Waals surface area contributed by atoms with Crippen molar-refractivity contribution in [3.8, 4) is 5.75 Å². The molecular weight excluding hydrogens is 316 g/mol. The molecule has 1 fully saturated rings. The lowest BCUT2D eigenvalue weighted by atomic mass is 9.99. The summed E-state index contributed by atoms with van der Waals surface area (Å²) in [6.45, 7) is 9.61. The molecule has 0 spiro atoms. The van der Waals surface area contributed by atoms with Crippen LogP contribution < -0.4 is 15.7 Å². The predicted octanol–water partition coefficient (Wildman–Crippen LogP) is 2.23. The van der Waals surface area contributed by atoms with Crippen LogP contribution in [0.1, 0.15) is 42.6 Å². The monoisotopic (exact) mass is 344 g/mol. The van der Waals surface area contributed by atoms with Crippen molar-refractivity contribution in [2.24, 2.45) is 0 Å². The van der Waals surface area contributed by atoms with E-state index in [2.05, 4.69) is 23.4 Å². The molecule has 25 heavy (non-hydrogen) atoms. The van der Waals surface area contributed by atoms with Crippen LogP contribution in [0.3, 0.4) is 0 Å². The third-order valence-electron chi connectivity index (χ3n) is 4.82. The molecule has 0 aliphatic carbocycles. The van der Waals surface area contributed by atoms with Crippen LogP contribution in [-0.4, -0.2) is 34.0 Å². The van der Waals surface area contributed by atoms with Crippen molar-refractivity contribution in [2.45, 2.75) is 52.6 Å². The summed E-state index contributed by atoms with van der Waals surface area (Å²) in [5.74, 6) is 2.10. The van der Waals surface area contributed by atoms with Crippen LogP contribution in [0.5, 0.6) is 5.75 Å². The van der Waals surface area contributed by atoms with Crippen LogP contribution in [0.4, 0.5) is 0 Å². The summed E-state index contributed by atoms with van der Waals surface area (Å²) in [5.41, 5.74) is 2.29. The van der Waals surface area contributed by atoms with Gasteiger partial charge in [-0.25, -0.2) is 9.48 Å². The van der Waals surface area contributed by atoms with Gasteiger partial charge >= 0.3 is 5.69 Å². The van der Waals surface area contributed by atoms with E-state index >= 15 is 0 Å². The molecule has 0 unspecified atom stereocenters. The van der Waals surface area contributed by atoms with Gasteiger partial charge in [0.25, 0.3) is 0 Å². The van der Waals surface area contributed by atoms with Gasteiger partial charge in [0, 0.05) is 19.0 Å². The van der Waals surface area contributed by atoms with Crippen LogP contribution in [0.15, 0.2) is 23.0 Å². The summed E-state index contributed by atoms with van der Waals surface area (Å²) in [6, 6.07) is 6.12. The topological polar surface area (TPSA) is 61.1 Å². The second-order valence-electron chi connectivity index (χ2n) is 6.77. The van der Waals surface area contributed by atoms with Crippen molar-refractivity contribution in [1.82, 2.24) is 19.7 Å². The van der Waals surface area contributed by atoms with Crippen molar-refractivity contribution in [1.29, 1.82) is 0 Å². The van der Waals surface area contributed by atoms with E-state index < -0.39 is 0 Å². The van der Waals surface area contributed by atoms with Gasteiger partial charge in [-0.1, -0.05) is 17.7 Å². The maximum absolute atomic E-state index is 12.6. The van der Waals surface area contributed by atoms with Crippen molar-refractivity contribution in [3.63, 3.8) is 0 Å². The first kappa shape index (κ1) is 17.7. The first-order chi connectivity index (χ1) is 12.1. The summed E-state index contributed by atoms with van der Waals surface area (Å²) in [7, 11) is 0. The van der Waals surface area contributed by atoms with Crippen molar-refractivity contribution >= 4 is 0 Å². The quantitative estimate of drug-likeness (QED) is 0.873. The number of piperidine rings is 1. The maximum atomic E-state index is 12.6.